The van der Waals surface area contributed by atoms with Gasteiger partial charge in [0.2, 0.25) is 0 Å². The maximum absolute atomic E-state index is 12.6. The van der Waals surface area contributed by atoms with Crippen LogP contribution in [0.5, 0.6) is 0 Å². The molecule has 2 rings (SSSR count). The summed E-state index contributed by atoms with van der Waals surface area (Å²) in [6, 6.07) is 5.12. The molecule has 2 atom stereocenters. The highest BCUT2D eigenvalue weighted by Gasteiger charge is 2.38. The zero-order chi connectivity index (χ0) is 12.6. The van der Waals surface area contributed by atoms with Crippen molar-refractivity contribution >= 4 is 33.2 Å². The summed E-state index contributed by atoms with van der Waals surface area (Å²) in [5.41, 5.74) is 1.24. The van der Waals surface area contributed by atoms with Crippen molar-refractivity contribution in [2.45, 2.75) is 19.5 Å². The molecule has 0 fully saturated rings. The van der Waals surface area contributed by atoms with E-state index in [2.05, 4.69) is 21.1 Å². The Hall–Kier alpha value is -0.680. The van der Waals surface area contributed by atoms with E-state index in [9.17, 15) is 8.78 Å². The summed E-state index contributed by atoms with van der Waals surface area (Å²) < 4.78 is 25.9. The van der Waals surface area contributed by atoms with Gasteiger partial charge >= 0.3 is 0 Å². The van der Waals surface area contributed by atoms with Gasteiger partial charge in [0.25, 0.3) is 6.43 Å². The lowest BCUT2D eigenvalue weighted by Crippen LogP contribution is -2.27. The summed E-state index contributed by atoms with van der Waals surface area (Å²) >= 11 is 9.15. The van der Waals surface area contributed by atoms with E-state index in [0.717, 1.165) is 5.56 Å². The fourth-order valence-electron chi connectivity index (χ4n) is 1.70. The minimum Gasteiger partial charge on any atom is -0.385 e. The number of rotatable bonds is 2. The Kier molecular flexibility index (Phi) is 3.68. The molecule has 92 valence electrons. The summed E-state index contributed by atoms with van der Waals surface area (Å²) in [7, 11) is 0. The molecule has 0 saturated heterocycles. The molecule has 6 heteroatoms. The molecule has 2 nitrogen and oxygen atoms in total. The number of hydrogen-bond acceptors (Lipinski definition) is 2. The van der Waals surface area contributed by atoms with Crippen LogP contribution in [0.25, 0.3) is 0 Å². The first-order valence-corrected chi connectivity index (χ1v) is 6.15. The van der Waals surface area contributed by atoms with E-state index in [4.69, 9.17) is 16.4 Å². The lowest BCUT2D eigenvalue weighted by atomic mass is 9.94. The van der Waals surface area contributed by atoms with E-state index in [1.165, 1.54) is 0 Å². The van der Waals surface area contributed by atoms with Crippen LogP contribution in [0.3, 0.4) is 0 Å². The quantitative estimate of drug-likeness (QED) is 0.802. The summed E-state index contributed by atoms with van der Waals surface area (Å²) in [6.45, 7) is 1.67. The molecule has 0 spiro atoms. The van der Waals surface area contributed by atoms with Gasteiger partial charge in [-0.1, -0.05) is 45.7 Å². The number of hydrogen-bond donors (Lipinski definition) is 0. The normalized spacial score (nSPS) is 23.8. The molecule has 1 aromatic rings. The minimum absolute atomic E-state index is 0.451. The highest BCUT2D eigenvalue weighted by Crippen LogP contribution is 2.31. The Morgan fingerprint density at radius 3 is 2.71 bits per heavy atom. The van der Waals surface area contributed by atoms with Crippen molar-refractivity contribution in [1.29, 1.82) is 0 Å². The van der Waals surface area contributed by atoms with Crippen molar-refractivity contribution in [3.8, 4) is 0 Å². The molecule has 0 aromatic heterocycles. The molecule has 0 amide bonds. The molecule has 1 heterocycles. The summed E-state index contributed by atoms with van der Waals surface area (Å²) in [4.78, 5) is 4.76. The Bertz CT molecular complexity index is 467. The van der Waals surface area contributed by atoms with Crippen LogP contribution >= 0.6 is 27.5 Å². The van der Waals surface area contributed by atoms with E-state index in [0.29, 0.717) is 15.2 Å². The molecule has 17 heavy (non-hydrogen) atoms. The molecule has 1 aliphatic heterocycles. The summed E-state index contributed by atoms with van der Waals surface area (Å²) in [6.07, 6.45) is -3.72. The topological polar surface area (TPSA) is 21.6 Å². The van der Waals surface area contributed by atoms with E-state index >= 15 is 0 Å². The van der Waals surface area contributed by atoms with Crippen LogP contribution in [-0.2, 0) is 4.84 Å². The number of oxime groups is 1. The van der Waals surface area contributed by atoms with Crippen LogP contribution in [0.1, 0.15) is 12.5 Å². The van der Waals surface area contributed by atoms with Crippen molar-refractivity contribution in [3.63, 3.8) is 0 Å². The van der Waals surface area contributed by atoms with Crippen LogP contribution < -0.4 is 0 Å². The van der Waals surface area contributed by atoms with Gasteiger partial charge in [0.15, 0.2) is 6.10 Å². The number of nitrogens with zero attached hydrogens (tertiary/aromatic N) is 1. The van der Waals surface area contributed by atoms with E-state index in [1.54, 1.807) is 25.1 Å². The molecular formula is C11H9BrClF2NO. The third-order valence-electron chi connectivity index (χ3n) is 2.65. The van der Waals surface area contributed by atoms with Crippen molar-refractivity contribution in [1.82, 2.24) is 0 Å². The number of alkyl halides is 2. The van der Waals surface area contributed by atoms with Crippen LogP contribution in [0.4, 0.5) is 8.78 Å². The molecular weight excluding hydrogens is 315 g/mol. The second-order valence-electron chi connectivity index (χ2n) is 3.79. The van der Waals surface area contributed by atoms with Gasteiger partial charge in [-0.2, -0.15) is 0 Å². The monoisotopic (exact) mass is 323 g/mol. The van der Waals surface area contributed by atoms with Crippen LogP contribution in [0.2, 0.25) is 5.02 Å². The zero-order valence-electron chi connectivity index (χ0n) is 8.83. The molecule has 0 aliphatic carbocycles. The Morgan fingerprint density at radius 1 is 1.47 bits per heavy atom. The average Bonchev–Trinajstić information content (AvgIpc) is 2.60. The van der Waals surface area contributed by atoms with E-state index in [1.807, 2.05) is 0 Å². The fourth-order valence-corrected chi connectivity index (χ4v) is 2.59. The van der Waals surface area contributed by atoms with Gasteiger partial charge in [-0.05, 0) is 12.1 Å². The van der Waals surface area contributed by atoms with E-state index in [-0.39, 0.29) is 0 Å². The van der Waals surface area contributed by atoms with Gasteiger partial charge in [0.05, 0.1) is 5.71 Å². The maximum atomic E-state index is 12.6. The lowest BCUT2D eigenvalue weighted by molar-refractivity contribution is -0.0518. The predicted molar refractivity (Wildman–Crippen MR) is 65.7 cm³/mol. The van der Waals surface area contributed by atoms with Crippen LogP contribution in [0, 0.1) is 5.92 Å². The number of benzene rings is 1. The standard InChI is InChI=1S/C11H9BrClF2NO/c1-5-9(16-17-10(5)11(14)15)7-3-2-6(13)4-8(7)12/h2-5,10-11H,1H3. The maximum Gasteiger partial charge on any atom is 0.278 e. The second-order valence-corrected chi connectivity index (χ2v) is 5.08. The predicted octanol–water partition coefficient (Wildman–Crippen LogP) is 4.11. The van der Waals surface area contributed by atoms with Gasteiger partial charge < -0.3 is 4.84 Å². The molecule has 0 N–H and O–H groups in total. The van der Waals surface area contributed by atoms with Crippen LogP contribution in [0.15, 0.2) is 27.8 Å². The molecule has 1 aromatic carbocycles. The van der Waals surface area contributed by atoms with Crippen molar-refractivity contribution in [3.05, 3.63) is 33.3 Å². The first-order chi connectivity index (χ1) is 8.00. The molecule has 0 bridgehead atoms. The van der Waals surface area contributed by atoms with Crippen molar-refractivity contribution in [2.24, 2.45) is 11.1 Å². The summed E-state index contributed by atoms with van der Waals surface area (Å²) in [5, 5.41) is 4.31. The van der Waals surface area contributed by atoms with E-state index < -0.39 is 18.4 Å². The molecule has 2 unspecified atom stereocenters. The summed E-state index contributed by atoms with van der Waals surface area (Å²) in [5.74, 6) is -0.451. The third kappa shape index (κ3) is 2.45. The van der Waals surface area contributed by atoms with Gasteiger partial charge in [-0.15, -0.1) is 0 Å². The Balaban J connectivity index is 2.30. The molecule has 1 aliphatic rings. The third-order valence-corrected chi connectivity index (χ3v) is 3.54. The smallest absolute Gasteiger partial charge is 0.278 e. The Labute approximate surface area is 111 Å². The zero-order valence-corrected chi connectivity index (χ0v) is 11.2. The van der Waals surface area contributed by atoms with Crippen molar-refractivity contribution in [2.75, 3.05) is 0 Å². The first-order valence-electron chi connectivity index (χ1n) is 4.98. The largest absolute Gasteiger partial charge is 0.385 e. The van der Waals surface area contributed by atoms with Crippen LogP contribution in [-0.4, -0.2) is 18.2 Å². The second kappa shape index (κ2) is 4.90. The Morgan fingerprint density at radius 2 is 2.18 bits per heavy atom. The minimum atomic E-state index is -2.54. The van der Waals surface area contributed by atoms with Gasteiger partial charge in [0.1, 0.15) is 0 Å². The van der Waals surface area contributed by atoms with Crippen molar-refractivity contribution < 1.29 is 13.6 Å². The average molecular weight is 325 g/mol. The highest BCUT2D eigenvalue weighted by molar-refractivity contribution is 9.10. The first kappa shape index (κ1) is 12.8. The fraction of sp³-hybridized carbons (Fsp3) is 0.364. The SMILES string of the molecule is CC1C(c2ccc(Cl)cc2Br)=NOC1C(F)F. The molecule has 0 saturated carbocycles. The van der Waals surface area contributed by atoms with Gasteiger partial charge in [-0.3, -0.25) is 0 Å². The number of halogens is 4. The molecule has 0 radical (unpaired) electrons. The highest BCUT2D eigenvalue weighted by atomic mass is 79.9. The lowest BCUT2D eigenvalue weighted by Gasteiger charge is -2.13. The van der Waals surface area contributed by atoms with Gasteiger partial charge in [0, 0.05) is 21.0 Å². The van der Waals surface area contributed by atoms with Gasteiger partial charge in [-0.25, -0.2) is 8.78 Å².